The first-order chi connectivity index (χ1) is 12.8. The Balaban J connectivity index is 1.40. The van der Waals surface area contributed by atoms with Crippen LogP contribution >= 0.6 is 0 Å². The molecule has 4 heterocycles. The number of nitrogens with one attached hydrogen (secondary N) is 2. The Bertz CT molecular complexity index is 738. The number of hydrogen-bond donors (Lipinski definition) is 3. The molecule has 7 nitrogen and oxygen atoms in total. The topological polar surface area (TPSA) is 86.2 Å². The van der Waals surface area contributed by atoms with Gasteiger partial charge < -0.3 is 20.6 Å². The molecule has 2 aliphatic rings. The van der Waals surface area contributed by atoms with Crippen LogP contribution in [0.5, 0.6) is 0 Å². The molecule has 2 aromatic heterocycles. The Hall–Kier alpha value is -2.09. The maximum Gasteiger partial charge on any atom is 0.163 e. The molecule has 2 aliphatic heterocycles. The molecule has 1 atom stereocenters. The number of aromatic nitrogens is 3. The van der Waals surface area contributed by atoms with Crippen LogP contribution in [0.4, 0.5) is 5.82 Å². The molecule has 0 radical (unpaired) electrons. The molecule has 3 N–H and O–H groups in total. The highest BCUT2D eigenvalue weighted by atomic mass is 16.3. The quantitative estimate of drug-likeness (QED) is 0.676. The number of hydrogen-bond acceptors (Lipinski definition) is 7. The molecule has 1 fully saturated rings. The minimum absolute atomic E-state index is 0.157. The van der Waals surface area contributed by atoms with Crippen molar-refractivity contribution in [3.63, 3.8) is 0 Å². The normalized spacial score (nSPS) is 20.1. The molecule has 0 aliphatic carbocycles. The van der Waals surface area contributed by atoms with Gasteiger partial charge >= 0.3 is 0 Å². The zero-order chi connectivity index (χ0) is 17.8. The highest BCUT2D eigenvalue weighted by molar-refractivity contribution is 5.59. The second-order valence-electron chi connectivity index (χ2n) is 7.04. The van der Waals surface area contributed by atoms with E-state index in [9.17, 15) is 5.11 Å². The molecule has 1 saturated heterocycles. The summed E-state index contributed by atoms with van der Waals surface area (Å²) in [6.45, 7) is 5.36. The van der Waals surface area contributed by atoms with Gasteiger partial charge in [-0.2, -0.15) is 0 Å². The van der Waals surface area contributed by atoms with E-state index in [0.29, 0.717) is 0 Å². The Morgan fingerprint density at radius 3 is 3.12 bits per heavy atom. The lowest BCUT2D eigenvalue weighted by Crippen LogP contribution is -2.39. The lowest BCUT2D eigenvalue weighted by Gasteiger charge is -2.29. The maximum atomic E-state index is 9.77. The van der Waals surface area contributed by atoms with Crippen molar-refractivity contribution in [3.8, 4) is 11.4 Å². The van der Waals surface area contributed by atoms with Gasteiger partial charge in [-0.3, -0.25) is 4.98 Å². The molecule has 0 unspecified atom stereocenters. The summed E-state index contributed by atoms with van der Waals surface area (Å²) >= 11 is 0. The van der Waals surface area contributed by atoms with Crippen LogP contribution in [-0.4, -0.2) is 57.2 Å². The predicted molar refractivity (Wildman–Crippen MR) is 101 cm³/mol. The SMILES string of the molecule is O[C@H]1CCCN(CCCNc2nc(-c3cccnc3)nc3c2CNC3)C1. The Kier molecular flexibility index (Phi) is 5.38. The summed E-state index contributed by atoms with van der Waals surface area (Å²) < 4.78 is 0. The van der Waals surface area contributed by atoms with Crippen LogP contribution in [0.3, 0.4) is 0 Å². The van der Waals surface area contributed by atoms with Gasteiger partial charge in [-0.1, -0.05) is 0 Å². The fourth-order valence-corrected chi connectivity index (χ4v) is 3.68. The van der Waals surface area contributed by atoms with Gasteiger partial charge in [0.25, 0.3) is 0 Å². The summed E-state index contributed by atoms with van der Waals surface area (Å²) in [7, 11) is 0. The molecule has 0 aromatic carbocycles. The van der Waals surface area contributed by atoms with Gasteiger partial charge in [0.05, 0.1) is 11.8 Å². The van der Waals surface area contributed by atoms with Crippen LogP contribution in [0.2, 0.25) is 0 Å². The van der Waals surface area contributed by atoms with E-state index in [0.717, 1.165) is 81.4 Å². The smallest absolute Gasteiger partial charge is 0.163 e. The second-order valence-corrected chi connectivity index (χ2v) is 7.04. The number of rotatable bonds is 6. The Labute approximate surface area is 153 Å². The number of nitrogens with zero attached hydrogens (tertiary/aromatic N) is 4. The Morgan fingerprint density at radius 2 is 2.27 bits per heavy atom. The van der Waals surface area contributed by atoms with Crippen LogP contribution in [0.1, 0.15) is 30.5 Å². The number of likely N-dealkylation sites (tertiary alicyclic amines) is 1. The first kappa shape index (κ1) is 17.3. The van der Waals surface area contributed by atoms with Crippen LogP contribution in [0, 0.1) is 0 Å². The molecule has 7 heteroatoms. The number of fused-ring (bicyclic) bond motifs is 1. The highest BCUT2D eigenvalue weighted by Gasteiger charge is 2.20. The number of aliphatic hydroxyl groups excluding tert-OH is 1. The first-order valence-electron chi connectivity index (χ1n) is 9.45. The van der Waals surface area contributed by atoms with Gasteiger partial charge in [0.2, 0.25) is 0 Å². The average Bonchev–Trinajstić information content (AvgIpc) is 3.15. The zero-order valence-electron chi connectivity index (χ0n) is 15.0. The standard InChI is InChI=1S/C19H26N6O/c26-15-5-2-8-25(13-15)9-3-7-22-19-16-11-21-12-17(16)23-18(24-19)14-4-1-6-20-10-14/h1,4,6,10,15,21,26H,2-3,5,7-9,11-13H2,(H,22,23,24)/t15-/m0/s1. The van der Waals surface area contributed by atoms with E-state index >= 15 is 0 Å². The van der Waals surface area contributed by atoms with Crippen molar-refractivity contribution < 1.29 is 5.11 Å². The van der Waals surface area contributed by atoms with Crippen molar-refractivity contribution in [1.29, 1.82) is 0 Å². The Morgan fingerprint density at radius 1 is 1.31 bits per heavy atom. The number of pyridine rings is 1. The summed E-state index contributed by atoms with van der Waals surface area (Å²) in [6.07, 6.45) is 6.46. The van der Waals surface area contributed by atoms with Crippen LogP contribution < -0.4 is 10.6 Å². The lowest BCUT2D eigenvalue weighted by molar-refractivity contribution is 0.0706. The molecule has 138 valence electrons. The van der Waals surface area contributed by atoms with E-state index in [-0.39, 0.29) is 6.10 Å². The minimum atomic E-state index is -0.157. The molecule has 2 aromatic rings. The number of β-amino-alcohol motifs (C(OH)–C–C–N with tert-alkyl or cyclic N) is 1. The fourth-order valence-electron chi connectivity index (χ4n) is 3.68. The zero-order valence-corrected chi connectivity index (χ0v) is 15.0. The summed E-state index contributed by atoms with van der Waals surface area (Å²) in [5.41, 5.74) is 3.18. The summed E-state index contributed by atoms with van der Waals surface area (Å²) in [5, 5.41) is 16.6. The van der Waals surface area contributed by atoms with Crippen molar-refractivity contribution in [2.75, 3.05) is 31.5 Å². The van der Waals surface area contributed by atoms with Crippen LogP contribution in [0.25, 0.3) is 11.4 Å². The van der Waals surface area contributed by atoms with Gasteiger partial charge in [0, 0.05) is 49.7 Å². The summed E-state index contributed by atoms with van der Waals surface area (Å²) in [6, 6.07) is 3.90. The molecular weight excluding hydrogens is 328 g/mol. The molecule has 0 spiro atoms. The largest absolute Gasteiger partial charge is 0.392 e. The van der Waals surface area contributed by atoms with E-state index in [1.165, 1.54) is 5.56 Å². The van der Waals surface area contributed by atoms with Crippen molar-refractivity contribution in [2.24, 2.45) is 0 Å². The van der Waals surface area contributed by atoms with E-state index in [1.54, 1.807) is 12.4 Å². The summed E-state index contributed by atoms with van der Waals surface area (Å²) in [5.74, 6) is 1.65. The van der Waals surface area contributed by atoms with Crippen LogP contribution in [-0.2, 0) is 13.1 Å². The number of aliphatic hydroxyl groups is 1. The molecule has 0 amide bonds. The fraction of sp³-hybridized carbons (Fsp3) is 0.526. The van der Waals surface area contributed by atoms with E-state index in [2.05, 4.69) is 20.5 Å². The van der Waals surface area contributed by atoms with E-state index < -0.39 is 0 Å². The third-order valence-corrected chi connectivity index (χ3v) is 5.03. The van der Waals surface area contributed by atoms with Gasteiger partial charge in [0.1, 0.15) is 5.82 Å². The van der Waals surface area contributed by atoms with Gasteiger partial charge in [-0.25, -0.2) is 9.97 Å². The molecule has 0 bridgehead atoms. The molecule has 26 heavy (non-hydrogen) atoms. The first-order valence-corrected chi connectivity index (χ1v) is 9.45. The predicted octanol–water partition coefficient (Wildman–Crippen LogP) is 1.40. The van der Waals surface area contributed by atoms with Crippen molar-refractivity contribution in [2.45, 2.75) is 38.5 Å². The third kappa shape index (κ3) is 4.00. The van der Waals surface area contributed by atoms with Gasteiger partial charge in [-0.05, 0) is 44.5 Å². The molecule has 4 rings (SSSR count). The maximum absolute atomic E-state index is 9.77. The van der Waals surface area contributed by atoms with Crippen molar-refractivity contribution in [1.82, 2.24) is 25.2 Å². The average molecular weight is 354 g/mol. The monoisotopic (exact) mass is 354 g/mol. The van der Waals surface area contributed by atoms with Gasteiger partial charge in [-0.15, -0.1) is 0 Å². The number of piperidine rings is 1. The van der Waals surface area contributed by atoms with Crippen molar-refractivity contribution in [3.05, 3.63) is 35.8 Å². The second kappa shape index (κ2) is 8.07. The highest BCUT2D eigenvalue weighted by Crippen LogP contribution is 2.25. The number of anilines is 1. The summed E-state index contributed by atoms with van der Waals surface area (Å²) in [4.78, 5) is 16.0. The van der Waals surface area contributed by atoms with Crippen LogP contribution in [0.15, 0.2) is 24.5 Å². The third-order valence-electron chi connectivity index (χ3n) is 5.03. The molecule has 0 saturated carbocycles. The lowest BCUT2D eigenvalue weighted by atomic mass is 10.1. The van der Waals surface area contributed by atoms with Gasteiger partial charge in [0.15, 0.2) is 5.82 Å². The molecular formula is C19H26N6O. The van der Waals surface area contributed by atoms with Crippen molar-refractivity contribution >= 4 is 5.82 Å². The van der Waals surface area contributed by atoms with E-state index in [4.69, 9.17) is 9.97 Å². The van der Waals surface area contributed by atoms with E-state index in [1.807, 2.05) is 12.1 Å². The minimum Gasteiger partial charge on any atom is -0.392 e.